The Morgan fingerprint density at radius 1 is 1.26 bits per heavy atom. The topological polar surface area (TPSA) is 80.9 Å². The van der Waals surface area contributed by atoms with Crippen molar-refractivity contribution in [2.24, 2.45) is 0 Å². The Morgan fingerprint density at radius 2 is 2.09 bits per heavy atom. The Balaban J connectivity index is 1.56. The average molecular weight is 329 g/mol. The smallest absolute Gasteiger partial charge is 0.271 e. The largest absolute Gasteiger partial charge is 0.444 e. The van der Waals surface area contributed by atoms with Crippen LogP contribution in [0, 0.1) is 0 Å². The van der Waals surface area contributed by atoms with Gasteiger partial charge in [-0.25, -0.2) is 15.0 Å². The lowest BCUT2D eigenvalue weighted by atomic mass is 10.2. The van der Waals surface area contributed by atoms with Gasteiger partial charge in [0.2, 0.25) is 5.89 Å². The number of rotatable bonds is 5. The van der Waals surface area contributed by atoms with Gasteiger partial charge in [-0.3, -0.25) is 4.79 Å². The van der Waals surface area contributed by atoms with Gasteiger partial charge in [-0.15, -0.1) is 0 Å². The maximum absolute atomic E-state index is 12.0. The van der Waals surface area contributed by atoms with Crippen molar-refractivity contribution in [3.63, 3.8) is 0 Å². The predicted octanol–water partition coefficient (Wildman–Crippen LogP) is 2.76. The van der Waals surface area contributed by atoms with Gasteiger partial charge in [-0.05, 0) is 12.1 Å². The molecule has 3 rings (SSSR count). The van der Waals surface area contributed by atoms with Crippen LogP contribution < -0.4 is 5.32 Å². The zero-order chi connectivity index (χ0) is 16.1. The Morgan fingerprint density at radius 3 is 2.87 bits per heavy atom. The molecular formula is C16H13ClN4O2. The third kappa shape index (κ3) is 3.73. The summed E-state index contributed by atoms with van der Waals surface area (Å²) in [6.45, 7) is 0.403. The first-order valence-electron chi connectivity index (χ1n) is 6.97. The van der Waals surface area contributed by atoms with E-state index in [0.29, 0.717) is 18.9 Å². The molecule has 3 aromatic rings. The van der Waals surface area contributed by atoms with E-state index in [2.05, 4.69) is 20.3 Å². The van der Waals surface area contributed by atoms with Gasteiger partial charge in [0.15, 0.2) is 0 Å². The summed E-state index contributed by atoms with van der Waals surface area (Å²) in [5, 5.41) is 2.96. The van der Waals surface area contributed by atoms with Gasteiger partial charge in [0.05, 0.1) is 10.7 Å². The molecule has 0 bridgehead atoms. The van der Waals surface area contributed by atoms with Crippen molar-refractivity contribution < 1.29 is 9.21 Å². The highest BCUT2D eigenvalue weighted by Crippen LogP contribution is 2.18. The van der Waals surface area contributed by atoms with E-state index in [9.17, 15) is 4.79 Å². The van der Waals surface area contributed by atoms with Gasteiger partial charge >= 0.3 is 0 Å². The number of carbonyl (C=O) groups is 1. The molecule has 0 saturated heterocycles. The van der Waals surface area contributed by atoms with Crippen LogP contribution in [0.4, 0.5) is 0 Å². The van der Waals surface area contributed by atoms with Gasteiger partial charge in [0.1, 0.15) is 18.3 Å². The van der Waals surface area contributed by atoms with Crippen LogP contribution in [-0.4, -0.2) is 27.4 Å². The molecule has 0 aliphatic carbocycles. The van der Waals surface area contributed by atoms with E-state index in [4.69, 9.17) is 16.0 Å². The summed E-state index contributed by atoms with van der Waals surface area (Å²) in [6.07, 6.45) is 4.80. The first kappa shape index (κ1) is 15.2. The summed E-state index contributed by atoms with van der Waals surface area (Å²) in [7, 11) is 0. The minimum absolute atomic E-state index is 0.159. The standard InChI is InChI=1S/C16H13ClN4O2/c17-13-8-18-10-20-14(13)15(22)19-7-6-12-9-23-16(21-12)11-4-2-1-3-5-11/h1-5,8-10H,6-7H2,(H,19,22). The number of amides is 1. The van der Waals surface area contributed by atoms with Crippen molar-refractivity contribution in [1.29, 1.82) is 0 Å². The van der Waals surface area contributed by atoms with Crippen molar-refractivity contribution in [3.05, 3.63) is 65.5 Å². The first-order chi connectivity index (χ1) is 11.2. The average Bonchev–Trinajstić information content (AvgIpc) is 3.05. The van der Waals surface area contributed by atoms with Crippen LogP contribution in [0.25, 0.3) is 11.5 Å². The van der Waals surface area contributed by atoms with Gasteiger partial charge in [0, 0.05) is 24.7 Å². The third-order valence-electron chi connectivity index (χ3n) is 3.12. The summed E-state index contributed by atoms with van der Waals surface area (Å²) >= 11 is 5.87. The molecule has 0 spiro atoms. The molecule has 2 heterocycles. The second-order valence-corrected chi connectivity index (χ2v) is 5.14. The molecule has 1 aromatic carbocycles. The fraction of sp³-hybridized carbons (Fsp3) is 0.125. The maximum atomic E-state index is 12.0. The molecular weight excluding hydrogens is 316 g/mol. The molecule has 2 aromatic heterocycles. The summed E-state index contributed by atoms with van der Waals surface area (Å²) in [4.78, 5) is 24.0. The minimum atomic E-state index is -0.343. The fourth-order valence-electron chi connectivity index (χ4n) is 2.00. The van der Waals surface area contributed by atoms with E-state index >= 15 is 0 Å². The fourth-order valence-corrected chi connectivity index (χ4v) is 2.19. The number of benzene rings is 1. The molecule has 0 aliphatic heterocycles. The number of carbonyl (C=O) groups excluding carboxylic acids is 1. The Bertz CT molecular complexity index is 805. The Kier molecular flexibility index (Phi) is 4.63. The number of oxazole rings is 1. The lowest BCUT2D eigenvalue weighted by molar-refractivity contribution is 0.0949. The zero-order valence-electron chi connectivity index (χ0n) is 12.1. The predicted molar refractivity (Wildman–Crippen MR) is 85.0 cm³/mol. The van der Waals surface area contributed by atoms with Crippen LogP contribution >= 0.6 is 11.6 Å². The SMILES string of the molecule is O=C(NCCc1coc(-c2ccccc2)n1)c1ncncc1Cl. The first-order valence-corrected chi connectivity index (χ1v) is 7.35. The molecule has 0 unspecified atom stereocenters. The van der Waals surface area contributed by atoms with E-state index in [1.165, 1.54) is 12.5 Å². The van der Waals surface area contributed by atoms with Gasteiger partial charge in [-0.2, -0.15) is 0 Å². The molecule has 0 radical (unpaired) electrons. The lowest BCUT2D eigenvalue weighted by Crippen LogP contribution is -2.27. The highest BCUT2D eigenvalue weighted by molar-refractivity contribution is 6.33. The summed E-state index contributed by atoms with van der Waals surface area (Å²) in [6, 6.07) is 9.62. The van der Waals surface area contributed by atoms with E-state index in [-0.39, 0.29) is 16.6 Å². The highest BCUT2D eigenvalue weighted by atomic mass is 35.5. The van der Waals surface area contributed by atoms with Crippen LogP contribution in [0.3, 0.4) is 0 Å². The van der Waals surface area contributed by atoms with Crippen molar-refractivity contribution >= 4 is 17.5 Å². The summed E-state index contributed by atoms with van der Waals surface area (Å²) < 4.78 is 5.45. The van der Waals surface area contributed by atoms with Gasteiger partial charge < -0.3 is 9.73 Å². The maximum Gasteiger partial charge on any atom is 0.271 e. The number of nitrogens with zero attached hydrogens (tertiary/aromatic N) is 3. The van der Waals surface area contributed by atoms with E-state index in [1.54, 1.807) is 6.26 Å². The molecule has 0 aliphatic rings. The third-order valence-corrected chi connectivity index (χ3v) is 3.40. The van der Waals surface area contributed by atoms with Crippen molar-refractivity contribution in [2.45, 2.75) is 6.42 Å². The molecule has 116 valence electrons. The van der Waals surface area contributed by atoms with E-state index in [1.807, 2.05) is 30.3 Å². The minimum Gasteiger partial charge on any atom is -0.444 e. The molecule has 0 saturated carbocycles. The van der Waals surface area contributed by atoms with Crippen molar-refractivity contribution in [2.75, 3.05) is 6.54 Å². The number of aromatic nitrogens is 3. The van der Waals surface area contributed by atoms with Gasteiger partial charge in [0.25, 0.3) is 5.91 Å². The van der Waals surface area contributed by atoms with Crippen LogP contribution in [0.5, 0.6) is 0 Å². The van der Waals surface area contributed by atoms with Crippen LogP contribution in [0.2, 0.25) is 5.02 Å². The van der Waals surface area contributed by atoms with Crippen LogP contribution in [0.1, 0.15) is 16.2 Å². The molecule has 23 heavy (non-hydrogen) atoms. The van der Waals surface area contributed by atoms with Crippen LogP contribution in [0.15, 0.2) is 53.5 Å². The van der Waals surface area contributed by atoms with Crippen molar-refractivity contribution in [3.8, 4) is 11.5 Å². The monoisotopic (exact) mass is 328 g/mol. The van der Waals surface area contributed by atoms with E-state index in [0.717, 1.165) is 11.3 Å². The lowest BCUT2D eigenvalue weighted by Gasteiger charge is -2.03. The number of halogens is 1. The molecule has 6 nitrogen and oxygen atoms in total. The highest BCUT2D eigenvalue weighted by Gasteiger charge is 2.12. The quantitative estimate of drug-likeness (QED) is 0.779. The zero-order valence-corrected chi connectivity index (χ0v) is 12.8. The second-order valence-electron chi connectivity index (χ2n) is 4.74. The number of hydrogen-bond acceptors (Lipinski definition) is 5. The molecule has 7 heteroatoms. The van der Waals surface area contributed by atoms with Crippen molar-refractivity contribution in [1.82, 2.24) is 20.3 Å². The number of nitrogens with one attached hydrogen (secondary N) is 1. The molecule has 0 fully saturated rings. The van der Waals surface area contributed by atoms with Gasteiger partial charge in [-0.1, -0.05) is 29.8 Å². The van der Waals surface area contributed by atoms with E-state index < -0.39 is 0 Å². The Hall–Kier alpha value is -2.73. The molecule has 1 N–H and O–H groups in total. The Labute approximate surface area is 137 Å². The molecule has 1 amide bonds. The summed E-state index contributed by atoms with van der Waals surface area (Å²) in [5.74, 6) is 0.218. The number of hydrogen-bond donors (Lipinski definition) is 1. The summed E-state index contributed by atoms with van der Waals surface area (Å²) in [5.41, 5.74) is 1.83. The normalized spacial score (nSPS) is 10.5. The molecule has 0 atom stereocenters. The second kappa shape index (κ2) is 7.02. The van der Waals surface area contributed by atoms with Crippen LogP contribution in [-0.2, 0) is 6.42 Å².